The Labute approximate surface area is 189 Å². The summed E-state index contributed by atoms with van der Waals surface area (Å²) in [5, 5.41) is 16.7. The van der Waals surface area contributed by atoms with E-state index in [9.17, 15) is 9.59 Å². The standard InChI is InChI=1S/C23H20N6O4/c1-32-20-13-19(21(33-2)12-18(20)25-22(30)15-7-4-3-5-8-15)26-23(31)16-9-6-10-17(11-16)29-14-24-27-28-29/h3-14H,1-2H3,(H,25,30)(H,26,31). The molecule has 0 saturated heterocycles. The molecule has 1 heterocycles. The number of ether oxygens (including phenoxy) is 2. The molecule has 0 spiro atoms. The van der Waals surface area contributed by atoms with Crippen molar-refractivity contribution in [2.75, 3.05) is 24.9 Å². The fourth-order valence-corrected chi connectivity index (χ4v) is 3.14. The van der Waals surface area contributed by atoms with Gasteiger partial charge in [-0.15, -0.1) is 5.10 Å². The molecule has 0 aliphatic rings. The monoisotopic (exact) mass is 444 g/mol. The Balaban J connectivity index is 1.58. The lowest BCUT2D eigenvalue weighted by Gasteiger charge is -2.16. The van der Waals surface area contributed by atoms with Gasteiger partial charge in [-0.1, -0.05) is 24.3 Å². The van der Waals surface area contributed by atoms with Crippen molar-refractivity contribution < 1.29 is 19.1 Å². The minimum absolute atomic E-state index is 0.299. The van der Waals surface area contributed by atoms with E-state index in [1.165, 1.54) is 25.2 Å². The zero-order chi connectivity index (χ0) is 23.2. The Morgan fingerprint density at radius 2 is 1.39 bits per heavy atom. The molecule has 0 radical (unpaired) electrons. The molecule has 0 bridgehead atoms. The van der Waals surface area contributed by atoms with E-state index in [0.29, 0.717) is 39.7 Å². The third-order valence-electron chi connectivity index (χ3n) is 4.78. The lowest BCUT2D eigenvalue weighted by molar-refractivity contribution is 0.101. The highest BCUT2D eigenvalue weighted by atomic mass is 16.5. The average molecular weight is 444 g/mol. The van der Waals surface area contributed by atoms with Crippen LogP contribution in [-0.2, 0) is 0 Å². The summed E-state index contributed by atoms with van der Waals surface area (Å²) in [6.07, 6.45) is 1.44. The Kier molecular flexibility index (Phi) is 6.26. The van der Waals surface area contributed by atoms with Crippen LogP contribution in [0.4, 0.5) is 11.4 Å². The molecule has 1 aromatic heterocycles. The summed E-state index contributed by atoms with van der Waals surface area (Å²) >= 11 is 0. The SMILES string of the molecule is COc1cc(NC(=O)c2cccc(-n3cnnn3)c2)c(OC)cc1NC(=O)c1ccccc1. The molecular formula is C23H20N6O4. The molecule has 0 atom stereocenters. The van der Waals surface area contributed by atoms with Gasteiger partial charge >= 0.3 is 0 Å². The van der Waals surface area contributed by atoms with Gasteiger partial charge in [0.25, 0.3) is 11.8 Å². The molecule has 4 rings (SSSR count). The highest BCUT2D eigenvalue weighted by Gasteiger charge is 2.17. The quantitative estimate of drug-likeness (QED) is 0.449. The molecule has 0 saturated carbocycles. The van der Waals surface area contributed by atoms with Crippen LogP contribution in [0, 0.1) is 0 Å². The topological polar surface area (TPSA) is 120 Å². The average Bonchev–Trinajstić information content (AvgIpc) is 3.40. The molecule has 0 fully saturated rings. The van der Waals surface area contributed by atoms with Crippen LogP contribution in [0.3, 0.4) is 0 Å². The predicted octanol–water partition coefficient (Wildman–Crippen LogP) is 3.18. The zero-order valence-electron chi connectivity index (χ0n) is 17.9. The first-order chi connectivity index (χ1) is 16.1. The summed E-state index contributed by atoms with van der Waals surface area (Å²) < 4.78 is 12.3. The van der Waals surface area contributed by atoms with Crippen molar-refractivity contribution in [1.29, 1.82) is 0 Å². The third-order valence-corrected chi connectivity index (χ3v) is 4.78. The number of aromatic nitrogens is 4. The molecule has 3 aromatic carbocycles. The lowest BCUT2D eigenvalue weighted by atomic mass is 10.1. The van der Waals surface area contributed by atoms with Gasteiger partial charge in [-0.3, -0.25) is 9.59 Å². The van der Waals surface area contributed by atoms with Crippen LogP contribution in [0.25, 0.3) is 5.69 Å². The van der Waals surface area contributed by atoms with Gasteiger partial charge in [0.05, 0.1) is 31.3 Å². The Bertz CT molecular complexity index is 1280. The van der Waals surface area contributed by atoms with Crippen molar-refractivity contribution in [3.63, 3.8) is 0 Å². The van der Waals surface area contributed by atoms with Crippen LogP contribution in [0.15, 0.2) is 73.1 Å². The molecule has 33 heavy (non-hydrogen) atoms. The molecule has 10 heteroatoms. The van der Waals surface area contributed by atoms with Gasteiger partial charge in [0, 0.05) is 23.3 Å². The van der Waals surface area contributed by atoms with Gasteiger partial charge in [-0.2, -0.15) is 0 Å². The summed E-state index contributed by atoms with van der Waals surface area (Å²) in [7, 11) is 2.94. The van der Waals surface area contributed by atoms with E-state index in [0.717, 1.165) is 0 Å². The molecule has 0 unspecified atom stereocenters. The van der Waals surface area contributed by atoms with Crippen LogP contribution in [0.5, 0.6) is 11.5 Å². The second kappa shape index (κ2) is 9.60. The molecule has 2 N–H and O–H groups in total. The summed E-state index contributed by atoms with van der Waals surface area (Å²) in [4.78, 5) is 25.5. The largest absolute Gasteiger partial charge is 0.494 e. The van der Waals surface area contributed by atoms with Crippen LogP contribution in [-0.4, -0.2) is 46.2 Å². The van der Waals surface area contributed by atoms with Crippen molar-refractivity contribution in [2.24, 2.45) is 0 Å². The number of rotatable bonds is 7. The van der Waals surface area contributed by atoms with Crippen LogP contribution < -0.4 is 20.1 Å². The van der Waals surface area contributed by atoms with E-state index < -0.39 is 0 Å². The Hall–Kier alpha value is -4.73. The molecule has 0 aliphatic carbocycles. The van der Waals surface area contributed by atoms with Gasteiger partial charge in [-0.05, 0) is 40.8 Å². The van der Waals surface area contributed by atoms with Gasteiger partial charge in [0.1, 0.15) is 17.8 Å². The third kappa shape index (κ3) is 4.79. The summed E-state index contributed by atoms with van der Waals surface area (Å²) in [6, 6.07) is 18.8. The summed E-state index contributed by atoms with van der Waals surface area (Å²) in [5.41, 5.74) is 2.31. The molecular weight excluding hydrogens is 424 g/mol. The number of benzene rings is 3. The smallest absolute Gasteiger partial charge is 0.255 e. The van der Waals surface area contributed by atoms with E-state index in [1.54, 1.807) is 60.7 Å². The number of methoxy groups -OCH3 is 2. The summed E-state index contributed by atoms with van der Waals surface area (Å²) in [5.74, 6) is 0.0421. The van der Waals surface area contributed by atoms with Crippen LogP contribution in [0.1, 0.15) is 20.7 Å². The van der Waals surface area contributed by atoms with E-state index in [-0.39, 0.29) is 11.8 Å². The highest BCUT2D eigenvalue weighted by molar-refractivity contribution is 6.07. The number of nitrogens with one attached hydrogen (secondary N) is 2. The number of carbonyl (C=O) groups is 2. The first kappa shape index (κ1) is 21.5. The fourth-order valence-electron chi connectivity index (χ4n) is 3.14. The van der Waals surface area contributed by atoms with Crippen molar-refractivity contribution >= 4 is 23.2 Å². The molecule has 4 aromatic rings. The zero-order valence-corrected chi connectivity index (χ0v) is 17.9. The number of nitrogens with zero attached hydrogens (tertiary/aromatic N) is 4. The van der Waals surface area contributed by atoms with Gasteiger partial charge in [-0.25, -0.2) is 4.68 Å². The number of hydrogen-bond acceptors (Lipinski definition) is 7. The van der Waals surface area contributed by atoms with Crippen LogP contribution in [0.2, 0.25) is 0 Å². The number of anilines is 2. The molecule has 10 nitrogen and oxygen atoms in total. The van der Waals surface area contributed by atoms with Crippen molar-refractivity contribution in [1.82, 2.24) is 20.2 Å². The van der Waals surface area contributed by atoms with Gasteiger partial charge < -0.3 is 20.1 Å². The van der Waals surface area contributed by atoms with Gasteiger partial charge in [0.2, 0.25) is 0 Å². The van der Waals surface area contributed by atoms with Crippen molar-refractivity contribution in [3.8, 4) is 17.2 Å². The second-order valence-electron chi connectivity index (χ2n) is 6.83. The first-order valence-corrected chi connectivity index (χ1v) is 9.86. The highest BCUT2D eigenvalue weighted by Crippen LogP contribution is 2.37. The first-order valence-electron chi connectivity index (χ1n) is 9.86. The normalized spacial score (nSPS) is 10.4. The van der Waals surface area contributed by atoms with Gasteiger partial charge in [0.15, 0.2) is 0 Å². The Morgan fingerprint density at radius 1 is 0.788 bits per heavy atom. The number of tetrazole rings is 1. The fraction of sp³-hybridized carbons (Fsp3) is 0.0870. The van der Waals surface area contributed by atoms with Crippen molar-refractivity contribution in [2.45, 2.75) is 0 Å². The van der Waals surface area contributed by atoms with E-state index >= 15 is 0 Å². The predicted molar refractivity (Wildman–Crippen MR) is 121 cm³/mol. The lowest BCUT2D eigenvalue weighted by Crippen LogP contribution is -2.15. The van der Waals surface area contributed by atoms with Crippen molar-refractivity contribution in [3.05, 3.63) is 84.2 Å². The summed E-state index contributed by atoms with van der Waals surface area (Å²) in [6.45, 7) is 0. The van der Waals surface area contributed by atoms with E-state index in [2.05, 4.69) is 26.2 Å². The second-order valence-corrected chi connectivity index (χ2v) is 6.83. The number of carbonyl (C=O) groups excluding carboxylic acids is 2. The van der Waals surface area contributed by atoms with E-state index in [1.807, 2.05) is 6.07 Å². The molecule has 166 valence electrons. The maximum atomic E-state index is 12.9. The number of hydrogen-bond donors (Lipinski definition) is 2. The Morgan fingerprint density at radius 3 is 1.97 bits per heavy atom. The number of amides is 2. The minimum Gasteiger partial charge on any atom is -0.494 e. The molecule has 2 amide bonds. The van der Waals surface area contributed by atoms with E-state index in [4.69, 9.17) is 9.47 Å². The van der Waals surface area contributed by atoms with Crippen LogP contribution >= 0.6 is 0 Å². The maximum Gasteiger partial charge on any atom is 0.255 e. The minimum atomic E-state index is -0.369. The molecule has 0 aliphatic heterocycles. The maximum absolute atomic E-state index is 12.9.